The van der Waals surface area contributed by atoms with Gasteiger partial charge in [0.15, 0.2) is 0 Å². The summed E-state index contributed by atoms with van der Waals surface area (Å²) in [4.78, 5) is 11.2. The molecular weight excluding hydrogens is 274 g/mol. The molecule has 3 N–H and O–H groups in total. The third-order valence-electron chi connectivity index (χ3n) is 4.39. The second-order valence-corrected chi connectivity index (χ2v) is 6.43. The molecule has 0 heterocycles. The Bertz CT molecular complexity index is 452. The summed E-state index contributed by atoms with van der Waals surface area (Å²) in [7, 11) is 0. The van der Waals surface area contributed by atoms with Crippen LogP contribution in [0.4, 0.5) is 0 Å². The Hall–Kier alpha value is -1.06. The fraction of sp³-hybridized carbons (Fsp3) is 0.562. The molecule has 0 bridgehead atoms. The van der Waals surface area contributed by atoms with Gasteiger partial charge in [-0.25, -0.2) is 0 Å². The lowest BCUT2D eigenvalue weighted by Gasteiger charge is -2.38. The molecule has 0 aromatic heterocycles. The van der Waals surface area contributed by atoms with Gasteiger partial charge in [0.25, 0.3) is 0 Å². The molecule has 1 aliphatic carbocycles. The van der Waals surface area contributed by atoms with Gasteiger partial charge in [0, 0.05) is 11.1 Å². The van der Waals surface area contributed by atoms with Crippen molar-refractivity contribution in [1.29, 1.82) is 0 Å². The molecule has 0 aliphatic heterocycles. The summed E-state index contributed by atoms with van der Waals surface area (Å²) in [5, 5.41) is 9.89. The molecule has 0 radical (unpaired) electrons. The summed E-state index contributed by atoms with van der Waals surface area (Å²) in [6.07, 6.45) is 6.34. The van der Waals surface area contributed by atoms with E-state index in [0.29, 0.717) is 5.02 Å². The summed E-state index contributed by atoms with van der Waals surface area (Å²) in [6.45, 7) is 0. The van der Waals surface area contributed by atoms with Gasteiger partial charge in [-0.3, -0.25) is 4.79 Å². The van der Waals surface area contributed by atoms with Gasteiger partial charge in [0.2, 0.25) is 0 Å². The number of carbonyl (C=O) groups is 1. The molecule has 20 heavy (non-hydrogen) atoms. The van der Waals surface area contributed by atoms with Gasteiger partial charge in [-0.15, -0.1) is 0 Å². The van der Waals surface area contributed by atoms with Crippen molar-refractivity contribution in [2.75, 3.05) is 0 Å². The average Bonchev–Trinajstić information content (AvgIpc) is 2.39. The van der Waals surface area contributed by atoms with Crippen molar-refractivity contribution in [3.63, 3.8) is 0 Å². The molecule has 1 fully saturated rings. The van der Waals surface area contributed by atoms with Crippen molar-refractivity contribution in [2.45, 2.75) is 51.0 Å². The monoisotopic (exact) mass is 295 g/mol. The van der Waals surface area contributed by atoms with Crippen LogP contribution >= 0.6 is 11.6 Å². The Morgan fingerprint density at radius 2 is 1.85 bits per heavy atom. The molecule has 0 saturated heterocycles. The third kappa shape index (κ3) is 3.97. The molecule has 1 saturated carbocycles. The molecular formula is C16H22ClNO2. The van der Waals surface area contributed by atoms with Crippen LogP contribution in [0, 0.1) is 5.41 Å². The molecule has 2 rings (SSSR count). The van der Waals surface area contributed by atoms with Crippen LogP contribution < -0.4 is 5.73 Å². The van der Waals surface area contributed by atoms with Gasteiger partial charge in [-0.05, 0) is 42.4 Å². The molecule has 1 aliphatic rings. The fourth-order valence-electron chi connectivity index (χ4n) is 3.37. The van der Waals surface area contributed by atoms with E-state index in [1.807, 2.05) is 24.3 Å². The van der Waals surface area contributed by atoms with E-state index in [-0.39, 0.29) is 17.9 Å². The maximum atomic E-state index is 11.2. The lowest BCUT2D eigenvalue weighted by molar-refractivity contribution is -0.140. The normalized spacial score (nSPS) is 19.5. The van der Waals surface area contributed by atoms with Crippen LogP contribution in [0.3, 0.4) is 0 Å². The highest BCUT2D eigenvalue weighted by Crippen LogP contribution is 2.45. The first-order valence-corrected chi connectivity index (χ1v) is 7.61. The van der Waals surface area contributed by atoms with Crippen molar-refractivity contribution in [3.8, 4) is 0 Å². The Balaban J connectivity index is 2.10. The summed E-state index contributed by atoms with van der Waals surface area (Å²) in [5.74, 6) is -0.713. The van der Waals surface area contributed by atoms with E-state index in [9.17, 15) is 9.90 Å². The second kappa shape index (κ2) is 6.59. The van der Waals surface area contributed by atoms with Crippen molar-refractivity contribution >= 4 is 17.6 Å². The zero-order chi connectivity index (χ0) is 14.6. The zero-order valence-corrected chi connectivity index (χ0v) is 12.4. The number of rotatable bonds is 5. The zero-order valence-electron chi connectivity index (χ0n) is 11.6. The first kappa shape index (κ1) is 15.3. The highest BCUT2D eigenvalue weighted by Gasteiger charge is 2.36. The number of carboxylic acid groups (broad SMARTS) is 1. The van der Waals surface area contributed by atoms with Crippen LogP contribution in [0.5, 0.6) is 0 Å². The van der Waals surface area contributed by atoms with Crippen LogP contribution in [0.2, 0.25) is 5.02 Å². The first-order chi connectivity index (χ1) is 9.51. The van der Waals surface area contributed by atoms with Crippen molar-refractivity contribution in [3.05, 3.63) is 34.9 Å². The molecule has 4 heteroatoms. The van der Waals surface area contributed by atoms with E-state index in [0.717, 1.165) is 37.7 Å². The number of aliphatic carboxylic acids is 1. The molecule has 0 amide bonds. The van der Waals surface area contributed by atoms with E-state index in [4.69, 9.17) is 17.3 Å². The maximum Gasteiger partial charge on any atom is 0.303 e. The van der Waals surface area contributed by atoms with Crippen LogP contribution in [0.25, 0.3) is 0 Å². The lowest BCUT2D eigenvalue weighted by Crippen LogP contribution is -2.31. The summed E-state index contributed by atoms with van der Waals surface area (Å²) in [6, 6.07) is 7.42. The highest BCUT2D eigenvalue weighted by molar-refractivity contribution is 6.30. The van der Waals surface area contributed by atoms with Gasteiger partial charge in [-0.1, -0.05) is 43.0 Å². The summed E-state index contributed by atoms with van der Waals surface area (Å²) >= 11 is 5.89. The molecule has 3 nitrogen and oxygen atoms in total. The minimum atomic E-state index is -0.713. The van der Waals surface area contributed by atoms with Crippen LogP contribution in [0.1, 0.15) is 56.6 Å². The fourth-order valence-corrected chi connectivity index (χ4v) is 3.50. The van der Waals surface area contributed by atoms with E-state index in [1.54, 1.807) is 0 Å². The first-order valence-electron chi connectivity index (χ1n) is 7.24. The quantitative estimate of drug-likeness (QED) is 0.857. The smallest absolute Gasteiger partial charge is 0.303 e. The lowest BCUT2D eigenvalue weighted by atomic mass is 9.67. The standard InChI is InChI=1S/C16H22ClNO2/c17-13-6-4-12(5-7-13)14(18)10-16(11-15(19)20)8-2-1-3-9-16/h4-7,14H,1-3,8-11,18H2,(H,19,20). The predicted molar refractivity (Wildman–Crippen MR) is 80.8 cm³/mol. The van der Waals surface area contributed by atoms with Crippen LogP contribution in [-0.2, 0) is 4.79 Å². The molecule has 1 unspecified atom stereocenters. The minimum absolute atomic E-state index is 0.121. The highest BCUT2D eigenvalue weighted by atomic mass is 35.5. The van der Waals surface area contributed by atoms with Gasteiger partial charge in [0.1, 0.15) is 0 Å². The van der Waals surface area contributed by atoms with E-state index in [1.165, 1.54) is 6.42 Å². The second-order valence-electron chi connectivity index (χ2n) is 5.99. The average molecular weight is 296 g/mol. The Labute approximate surface area is 125 Å². The van der Waals surface area contributed by atoms with Crippen LogP contribution in [0.15, 0.2) is 24.3 Å². The molecule has 0 spiro atoms. The van der Waals surface area contributed by atoms with Gasteiger partial charge in [0.05, 0.1) is 6.42 Å². The molecule has 1 aromatic rings. The van der Waals surface area contributed by atoms with E-state index in [2.05, 4.69) is 0 Å². The Kier molecular flexibility index (Phi) is 5.06. The largest absolute Gasteiger partial charge is 0.481 e. The van der Waals surface area contributed by atoms with Crippen molar-refractivity contribution < 1.29 is 9.90 Å². The number of hydrogen-bond donors (Lipinski definition) is 2. The molecule has 110 valence electrons. The minimum Gasteiger partial charge on any atom is -0.481 e. The Morgan fingerprint density at radius 3 is 2.40 bits per heavy atom. The molecule has 1 aromatic carbocycles. The number of hydrogen-bond acceptors (Lipinski definition) is 2. The third-order valence-corrected chi connectivity index (χ3v) is 4.64. The number of nitrogens with two attached hydrogens (primary N) is 1. The predicted octanol–water partition coefficient (Wildman–Crippen LogP) is 4.16. The Morgan fingerprint density at radius 1 is 1.25 bits per heavy atom. The van der Waals surface area contributed by atoms with Gasteiger partial charge in [-0.2, -0.15) is 0 Å². The van der Waals surface area contributed by atoms with Crippen molar-refractivity contribution in [1.82, 2.24) is 0 Å². The van der Waals surface area contributed by atoms with E-state index < -0.39 is 5.97 Å². The summed E-state index contributed by atoms with van der Waals surface area (Å²) < 4.78 is 0. The summed E-state index contributed by atoms with van der Waals surface area (Å²) in [5.41, 5.74) is 7.20. The van der Waals surface area contributed by atoms with Gasteiger partial charge >= 0.3 is 5.97 Å². The van der Waals surface area contributed by atoms with E-state index >= 15 is 0 Å². The maximum absolute atomic E-state index is 11.2. The van der Waals surface area contributed by atoms with Gasteiger partial charge < -0.3 is 10.8 Å². The topological polar surface area (TPSA) is 63.3 Å². The SMILES string of the molecule is NC(CC1(CC(=O)O)CCCCC1)c1ccc(Cl)cc1. The van der Waals surface area contributed by atoms with Crippen molar-refractivity contribution in [2.24, 2.45) is 11.1 Å². The number of halogens is 1. The molecule has 1 atom stereocenters. The van der Waals surface area contributed by atoms with Crippen LogP contribution in [-0.4, -0.2) is 11.1 Å². The number of carboxylic acids is 1. The number of benzene rings is 1.